The van der Waals surface area contributed by atoms with Gasteiger partial charge in [-0.05, 0) is 49.7 Å². The Kier molecular flexibility index (Phi) is 4.51. The smallest absolute Gasteiger partial charge is 0.127 e. The summed E-state index contributed by atoms with van der Waals surface area (Å²) in [5.74, 6) is 1.97. The van der Waals surface area contributed by atoms with Crippen molar-refractivity contribution in [1.82, 2.24) is 0 Å². The molecule has 0 heterocycles. The van der Waals surface area contributed by atoms with Crippen LogP contribution in [0, 0.1) is 25.7 Å². The molecule has 0 spiro atoms. The highest BCUT2D eigenvalue weighted by Gasteiger charge is 2.28. The van der Waals surface area contributed by atoms with Crippen molar-refractivity contribution in [3.63, 3.8) is 0 Å². The topological polar surface area (TPSA) is 29.5 Å². The second-order valence-electron chi connectivity index (χ2n) is 6.11. The maximum atomic E-state index is 10.7. The summed E-state index contributed by atoms with van der Waals surface area (Å²) in [6.07, 6.45) is 4.39. The summed E-state index contributed by atoms with van der Waals surface area (Å²) >= 11 is 0. The minimum absolute atomic E-state index is 0.375. The summed E-state index contributed by atoms with van der Waals surface area (Å²) in [4.78, 5) is 0. The number of hydrogen-bond donors (Lipinski definition) is 1. The Hall–Kier alpha value is -1.02. The first-order valence-corrected chi connectivity index (χ1v) is 7.36. The van der Waals surface area contributed by atoms with Crippen LogP contribution in [0.15, 0.2) is 12.1 Å². The van der Waals surface area contributed by atoms with Crippen molar-refractivity contribution < 1.29 is 9.84 Å². The maximum absolute atomic E-state index is 10.7. The van der Waals surface area contributed by atoms with Crippen LogP contribution in [0.2, 0.25) is 0 Å². The number of aliphatic hydroxyl groups excluding tert-OH is 1. The summed E-state index contributed by atoms with van der Waals surface area (Å²) in [6.45, 7) is 6.43. The Bertz CT molecular complexity index is 439. The largest absolute Gasteiger partial charge is 0.496 e. The number of ether oxygens (including phenoxy) is 1. The Morgan fingerprint density at radius 1 is 1.26 bits per heavy atom. The summed E-state index contributed by atoms with van der Waals surface area (Å²) in [6, 6.07) is 4.12. The van der Waals surface area contributed by atoms with Gasteiger partial charge >= 0.3 is 0 Å². The van der Waals surface area contributed by atoms with Crippen molar-refractivity contribution in [3.05, 3.63) is 28.8 Å². The number of aliphatic hydroxyl groups is 1. The second-order valence-corrected chi connectivity index (χ2v) is 6.11. The molecule has 0 radical (unpaired) electrons. The monoisotopic (exact) mass is 262 g/mol. The van der Waals surface area contributed by atoms with Crippen molar-refractivity contribution in [3.8, 4) is 5.75 Å². The van der Waals surface area contributed by atoms with Crippen LogP contribution in [-0.2, 0) is 0 Å². The van der Waals surface area contributed by atoms with E-state index in [1.165, 1.54) is 18.4 Å². The number of benzene rings is 1. The van der Waals surface area contributed by atoms with Crippen molar-refractivity contribution in [1.29, 1.82) is 0 Å². The molecule has 1 saturated carbocycles. The number of hydrogen-bond acceptors (Lipinski definition) is 2. The fourth-order valence-corrected chi connectivity index (χ4v) is 3.34. The molecule has 0 amide bonds. The third-order valence-electron chi connectivity index (χ3n) is 4.65. The fourth-order valence-electron chi connectivity index (χ4n) is 3.34. The molecule has 1 N–H and O–H groups in total. The lowest BCUT2D eigenvalue weighted by Gasteiger charge is -2.31. The molecule has 106 valence electrons. The molecule has 3 unspecified atom stereocenters. The van der Waals surface area contributed by atoms with Gasteiger partial charge in [0.05, 0.1) is 13.2 Å². The quantitative estimate of drug-likeness (QED) is 0.885. The highest BCUT2D eigenvalue weighted by Crippen LogP contribution is 2.41. The van der Waals surface area contributed by atoms with Gasteiger partial charge in [0.25, 0.3) is 0 Å². The van der Waals surface area contributed by atoms with Crippen LogP contribution in [0.4, 0.5) is 0 Å². The molecule has 19 heavy (non-hydrogen) atoms. The predicted molar refractivity (Wildman–Crippen MR) is 78.5 cm³/mol. The van der Waals surface area contributed by atoms with Gasteiger partial charge in [-0.2, -0.15) is 0 Å². The molecule has 2 heteroatoms. The van der Waals surface area contributed by atoms with Crippen LogP contribution >= 0.6 is 0 Å². The van der Waals surface area contributed by atoms with Crippen LogP contribution in [0.3, 0.4) is 0 Å². The summed E-state index contributed by atoms with van der Waals surface area (Å²) in [7, 11) is 1.70. The van der Waals surface area contributed by atoms with E-state index in [4.69, 9.17) is 4.74 Å². The van der Waals surface area contributed by atoms with E-state index >= 15 is 0 Å². The van der Waals surface area contributed by atoms with Gasteiger partial charge in [0.1, 0.15) is 5.75 Å². The fraction of sp³-hybridized carbons (Fsp3) is 0.647. The molecule has 3 atom stereocenters. The minimum Gasteiger partial charge on any atom is -0.496 e. The lowest BCUT2D eigenvalue weighted by molar-refractivity contribution is 0.0692. The molecule has 1 aliphatic rings. The average Bonchev–Trinajstić information content (AvgIpc) is 2.41. The Morgan fingerprint density at radius 3 is 2.63 bits per heavy atom. The molecule has 0 bridgehead atoms. The zero-order valence-electron chi connectivity index (χ0n) is 12.6. The van der Waals surface area contributed by atoms with Gasteiger partial charge in [0.2, 0.25) is 0 Å². The van der Waals surface area contributed by atoms with E-state index in [2.05, 4.69) is 26.8 Å². The van der Waals surface area contributed by atoms with Crippen LogP contribution < -0.4 is 4.74 Å². The van der Waals surface area contributed by atoms with E-state index in [0.29, 0.717) is 5.92 Å². The second kappa shape index (κ2) is 5.96. The van der Waals surface area contributed by atoms with E-state index in [9.17, 15) is 5.11 Å². The standard InChI is InChI=1S/C17H26O2/c1-11-6-5-7-14(10-11)16(18)15-9-8-12(2)13(3)17(15)19-4/h8-9,11,14,16,18H,5-7,10H2,1-4H3. The zero-order chi connectivity index (χ0) is 14.0. The normalized spacial score (nSPS) is 25.1. The predicted octanol–water partition coefficient (Wildman–Crippen LogP) is 4.17. The molecule has 1 aliphatic carbocycles. The Labute approximate surface area is 116 Å². The van der Waals surface area contributed by atoms with E-state index in [0.717, 1.165) is 35.6 Å². The average molecular weight is 262 g/mol. The summed E-state index contributed by atoms with van der Waals surface area (Å²) < 4.78 is 5.54. The van der Waals surface area contributed by atoms with Crippen molar-refractivity contribution >= 4 is 0 Å². The highest BCUT2D eigenvalue weighted by atomic mass is 16.5. The lowest BCUT2D eigenvalue weighted by Crippen LogP contribution is -2.20. The molecule has 1 aromatic rings. The number of methoxy groups -OCH3 is 1. The molecule has 0 aromatic heterocycles. The van der Waals surface area contributed by atoms with Gasteiger partial charge in [-0.25, -0.2) is 0 Å². The number of rotatable bonds is 3. The van der Waals surface area contributed by atoms with Gasteiger partial charge in [-0.3, -0.25) is 0 Å². The van der Waals surface area contributed by atoms with E-state index in [-0.39, 0.29) is 0 Å². The Morgan fingerprint density at radius 2 is 2.00 bits per heavy atom. The summed E-state index contributed by atoms with van der Waals surface area (Å²) in [5, 5.41) is 10.7. The third kappa shape index (κ3) is 2.94. The highest BCUT2D eigenvalue weighted by molar-refractivity contribution is 5.46. The first-order valence-electron chi connectivity index (χ1n) is 7.36. The third-order valence-corrected chi connectivity index (χ3v) is 4.65. The lowest BCUT2D eigenvalue weighted by atomic mass is 9.77. The van der Waals surface area contributed by atoms with Crippen molar-refractivity contribution in [2.75, 3.05) is 7.11 Å². The SMILES string of the molecule is COc1c(C(O)C2CCCC(C)C2)ccc(C)c1C. The molecular formula is C17H26O2. The molecular weight excluding hydrogens is 236 g/mol. The summed E-state index contributed by atoms with van der Waals surface area (Å²) in [5.41, 5.74) is 3.32. The molecule has 1 aromatic carbocycles. The van der Waals surface area contributed by atoms with Gasteiger partial charge in [-0.15, -0.1) is 0 Å². The molecule has 2 nitrogen and oxygen atoms in total. The van der Waals surface area contributed by atoms with E-state index < -0.39 is 6.10 Å². The van der Waals surface area contributed by atoms with Gasteiger partial charge < -0.3 is 9.84 Å². The van der Waals surface area contributed by atoms with Crippen molar-refractivity contribution in [2.24, 2.45) is 11.8 Å². The van der Waals surface area contributed by atoms with Crippen LogP contribution in [0.25, 0.3) is 0 Å². The van der Waals surface area contributed by atoms with E-state index in [1.807, 2.05) is 6.07 Å². The van der Waals surface area contributed by atoms with E-state index in [1.54, 1.807) is 7.11 Å². The van der Waals surface area contributed by atoms with Gasteiger partial charge in [0.15, 0.2) is 0 Å². The van der Waals surface area contributed by atoms with Crippen molar-refractivity contribution in [2.45, 2.75) is 52.6 Å². The zero-order valence-corrected chi connectivity index (χ0v) is 12.6. The van der Waals surface area contributed by atoms with Gasteiger partial charge in [-0.1, -0.05) is 31.9 Å². The van der Waals surface area contributed by atoms with Crippen LogP contribution in [0.5, 0.6) is 5.75 Å². The molecule has 0 saturated heterocycles. The first kappa shape index (κ1) is 14.4. The Balaban J connectivity index is 2.28. The molecule has 0 aliphatic heterocycles. The molecule has 2 rings (SSSR count). The first-order chi connectivity index (χ1) is 9.04. The molecule has 1 fully saturated rings. The minimum atomic E-state index is -0.392. The maximum Gasteiger partial charge on any atom is 0.127 e. The number of aryl methyl sites for hydroxylation is 1. The van der Waals surface area contributed by atoms with Gasteiger partial charge in [0, 0.05) is 5.56 Å². The van der Waals surface area contributed by atoms with Crippen LogP contribution in [0.1, 0.15) is 55.4 Å². The van der Waals surface area contributed by atoms with Crippen LogP contribution in [-0.4, -0.2) is 12.2 Å².